The molecule has 1 aromatic carbocycles. The van der Waals surface area contributed by atoms with Gasteiger partial charge in [-0.3, -0.25) is 9.67 Å². The zero-order valence-electron chi connectivity index (χ0n) is 16.8. The lowest BCUT2D eigenvalue weighted by Gasteiger charge is -2.11. The minimum Gasteiger partial charge on any atom is -0.340 e. The molecule has 0 unspecified atom stereocenters. The summed E-state index contributed by atoms with van der Waals surface area (Å²) in [5.41, 5.74) is 5.76. The smallest absolute Gasteiger partial charge is 0.140 e. The second-order valence-electron chi connectivity index (χ2n) is 7.85. The molecule has 1 aliphatic rings. The molecule has 1 fully saturated rings. The quantitative estimate of drug-likeness (QED) is 0.418. The molecule has 7 heteroatoms. The normalized spacial score (nSPS) is 13.9. The van der Waals surface area contributed by atoms with Crippen molar-refractivity contribution in [1.29, 1.82) is 0 Å². The molecule has 0 saturated heterocycles. The number of aromatic nitrogens is 5. The summed E-state index contributed by atoms with van der Waals surface area (Å²) < 4.78 is 3.07. The molecule has 0 bridgehead atoms. The Hall–Kier alpha value is -3.32. The van der Waals surface area contributed by atoms with Gasteiger partial charge in [0.1, 0.15) is 5.82 Å². The van der Waals surface area contributed by atoms with Crippen LogP contribution >= 0.6 is 11.3 Å². The maximum Gasteiger partial charge on any atom is 0.140 e. The predicted molar refractivity (Wildman–Crippen MR) is 121 cm³/mol. The van der Waals surface area contributed by atoms with E-state index in [4.69, 9.17) is 9.97 Å². The van der Waals surface area contributed by atoms with Crippen LogP contribution in [-0.2, 0) is 7.05 Å². The average Bonchev–Trinajstić information content (AvgIpc) is 3.42. The standard InChI is InChI=1S/C23H20N6S/c1-13-10-20(29(2)28-13)19-12-18-16(4-3-9-24-18)22(26-19)25-15-7-8-17-21(11-15)30-23(27-17)14-5-6-14/h3-4,7-12,14H,5-6H2,1-2H3,(H,25,26). The summed E-state index contributed by atoms with van der Waals surface area (Å²) in [4.78, 5) is 14.3. The Morgan fingerprint density at radius 1 is 1.07 bits per heavy atom. The molecule has 4 aromatic heterocycles. The lowest BCUT2D eigenvalue weighted by atomic mass is 10.2. The summed E-state index contributed by atoms with van der Waals surface area (Å²) in [6, 6.07) is 14.4. The van der Waals surface area contributed by atoms with Gasteiger partial charge in [0.2, 0.25) is 0 Å². The molecular formula is C23H20N6S. The molecule has 1 aliphatic carbocycles. The van der Waals surface area contributed by atoms with Crippen molar-refractivity contribution in [3.8, 4) is 11.4 Å². The van der Waals surface area contributed by atoms with Crippen LogP contribution < -0.4 is 5.32 Å². The Morgan fingerprint density at radius 2 is 1.97 bits per heavy atom. The van der Waals surface area contributed by atoms with Crippen LogP contribution in [0.2, 0.25) is 0 Å². The van der Waals surface area contributed by atoms with Gasteiger partial charge in [0.15, 0.2) is 0 Å². The highest BCUT2D eigenvalue weighted by atomic mass is 32.1. The van der Waals surface area contributed by atoms with Gasteiger partial charge in [0, 0.05) is 30.2 Å². The van der Waals surface area contributed by atoms with Crippen molar-refractivity contribution in [2.45, 2.75) is 25.7 Å². The molecule has 0 atom stereocenters. The first-order chi connectivity index (χ1) is 14.6. The van der Waals surface area contributed by atoms with Crippen LogP contribution in [-0.4, -0.2) is 24.7 Å². The number of nitrogens with zero attached hydrogens (tertiary/aromatic N) is 5. The van der Waals surface area contributed by atoms with E-state index in [0.717, 1.165) is 45.0 Å². The molecular weight excluding hydrogens is 392 g/mol. The highest BCUT2D eigenvalue weighted by Gasteiger charge is 2.27. The molecule has 4 heterocycles. The number of benzene rings is 1. The van der Waals surface area contributed by atoms with Crippen LogP contribution in [0.4, 0.5) is 11.5 Å². The highest BCUT2D eigenvalue weighted by molar-refractivity contribution is 7.18. The summed E-state index contributed by atoms with van der Waals surface area (Å²) in [6.45, 7) is 1.99. The van der Waals surface area contributed by atoms with E-state index < -0.39 is 0 Å². The summed E-state index contributed by atoms with van der Waals surface area (Å²) in [5.74, 6) is 1.47. The lowest BCUT2D eigenvalue weighted by Crippen LogP contribution is -2.00. The first kappa shape index (κ1) is 17.5. The van der Waals surface area contributed by atoms with Gasteiger partial charge < -0.3 is 5.32 Å². The van der Waals surface area contributed by atoms with E-state index in [2.05, 4.69) is 33.6 Å². The number of anilines is 2. The van der Waals surface area contributed by atoms with E-state index in [1.54, 1.807) is 11.3 Å². The van der Waals surface area contributed by atoms with Crippen LogP contribution in [0.3, 0.4) is 0 Å². The zero-order chi connectivity index (χ0) is 20.2. The van der Waals surface area contributed by atoms with Crippen LogP contribution in [0, 0.1) is 6.92 Å². The third kappa shape index (κ3) is 3.02. The largest absolute Gasteiger partial charge is 0.340 e. The minimum absolute atomic E-state index is 0.675. The second kappa shape index (κ2) is 6.60. The molecule has 1 saturated carbocycles. The Balaban J connectivity index is 1.45. The van der Waals surface area contributed by atoms with Crippen molar-refractivity contribution >= 4 is 44.0 Å². The number of hydrogen-bond donors (Lipinski definition) is 1. The van der Waals surface area contributed by atoms with E-state index in [0.29, 0.717) is 5.92 Å². The van der Waals surface area contributed by atoms with E-state index in [-0.39, 0.29) is 0 Å². The molecule has 148 valence electrons. The molecule has 0 aliphatic heterocycles. The van der Waals surface area contributed by atoms with Crippen molar-refractivity contribution in [3.63, 3.8) is 0 Å². The third-order valence-electron chi connectivity index (χ3n) is 5.46. The second-order valence-corrected chi connectivity index (χ2v) is 8.92. The average molecular weight is 413 g/mol. The van der Waals surface area contributed by atoms with Gasteiger partial charge in [-0.05, 0) is 62.2 Å². The molecule has 0 amide bonds. The van der Waals surface area contributed by atoms with E-state index >= 15 is 0 Å². The Kier molecular flexibility index (Phi) is 3.86. The summed E-state index contributed by atoms with van der Waals surface area (Å²) in [7, 11) is 1.94. The van der Waals surface area contributed by atoms with Crippen LogP contribution in [0.15, 0.2) is 48.7 Å². The molecule has 0 radical (unpaired) electrons. The van der Waals surface area contributed by atoms with E-state index in [1.807, 2.05) is 49.1 Å². The SMILES string of the molecule is Cc1cc(-c2cc3ncccc3c(Nc3ccc4nc(C5CC5)sc4c3)n2)n(C)n1. The van der Waals surface area contributed by atoms with Crippen LogP contribution in [0.25, 0.3) is 32.5 Å². The third-order valence-corrected chi connectivity index (χ3v) is 6.64. The van der Waals surface area contributed by atoms with Gasteiger partial charge in [0.05, 0.1) is 37.8 Å². The topological polar surface area (TPSA) is 68.5 Å². The number of nitrogens with one attached hydrogen (secondary N) is 1. The Labute approximate surface area is 177 Å². The highest BCUT2D eigenvalue weighted by Crippen LogP contribution is 2.43. The zero-order valence-corrected chi connectivity index (χ0v) is 17.6. The monoisotopic (exact) mass is 412 g/mol. The maximum atomic E-state index is 4.94. The fourth-order valence-electron chi connectivity index (χ4n) is 3.81. The predicted octanol–water partition coefficient (Wildman–Crippen LogP) is 5.57. The van der Waals surface area contributed by atoms with Gasteiger partial charge in [-0.2, -0.15) is 5.10 Å². The molecule has 5 aromatic rings. The van der Waals surface area contributed by atoms with Crippen molar-refractivity contribution < 1.29 is 0 Å². The molecule has 30 heavy (non-hydrogen) atoms. The first-order valence-corrected chi connectivity index (χ1v) is 10.9. The lowest BCUT2D eigenvalue weighted by molar-refractivity contribution is 0.762. The first-order valence-electron chi connectivity index (χ1n) is 10.1. The number of rotatable bonds is 4. The van der Waals surface area contributed by atoms with Crippen molar-refractivity contribution in [2.24, 2.45) is 7.05 Å². The van der Waals surface area contributed by atoms with Gasteiger partial charge in [-0.1, -0.05) is 0 Å². The molecule has 0 spiro atoms. The van der Waals surface area contributed by atoms with Gasteiger partial charge >= 0.3 is 0 Å². The summed E-state index contributed by atoms with van der Waals surface area (Å²) in [5, 5.41) is 10.3. The Morgan fingerprint density at radius 3 is 2.77 bits per heavy atom. The van der Waals surface area contributed by atoms with Crippen molar-refractivity contribution in [1.82, 2.24) is 24.7 Å². The number of aryl methyl sites for hydroxylation is 2. The van der Waals surface area contributed by atoms with E-state index in [1.165, 1.54) is 22.5 Å². The number of fused-ring (bicyclic) bond motifs is 2. The van der Waals surface area contributed by atoms with Crippen LogP contribution in [0.5, 0.6) is 0 Å². The van der Waals surface area contributed by atoms with E-state index in [9.17, 15) is 0 Å². The summed E-state index contributed by atoms with van der Waals surface area (Å²) in [6.07, 6.45) is 4.36. The molecule has 6 rings (SSSR count). The van der Waals surface area contributed by atoms with Gasteiger partial charge in [-0.25, -0.2) is 9.97 Å². The number of pyridine rings is 2. The minimum atomic E-state index is 0.675. The Bertz CT molecular complexity index is 1410. The molecule has 1 N–H and O–H groups in total. The van der Waals surface area contributed by atoms with Crippen molar-refractivity contribution in [2.75, 3.05) is 5.32 Å². The van der Waals surface area contributed by atoms with Crippen molar-refractivity contribution in [3.05, 3.63) is 59.4 Å². The maximum absolute atomic E-state index is 4.94. The summed E-state index contributed by atoms with van der Waals surface area (Å²) >= 11 is 1.81. The van der Waals surface area contributed by atoms with Gasteiger partial charge in [0.25, 0.3) is 0 Å². The number of hydrogen-bond acceptors (Lipinski definition) is 6. The van der Waals surface area contributed by atoms with Gasteiger partial charge in [-0.15, -0.1) is 11.3 Å². The molecule has 6 nitrogen and oxygen atoms in total. The number of thiazole rings is 1. The fourth-order valence-corrected chi connectivity index (χ4v) is 4.99. The van der Waals surface area contributed by atoms with Crippen LogP contribution in [0.1, 0.15) is 29.5 Å². The fraction of sp³-hybridized carbons (Fsp3) is 0.217.